The zero-order valence-electron chi connectivity index (χ0n) is 14.6. The summed E-state index contributed by atoms with van der Waals surface area (Å²) in [5.74, 6) is -0.0532. The lowest BCUT2D eigenvalue weighted by Gasteiger charge is -2.51. The van der Waals surface area contributed by atoms with Crippen molar-refractivity contribution in [1.29, 1.82) is 0 Å². The van der Waals surface area contributed by atoms with Gasteiger partial charge in [0.15, 0.2) is 0 Å². The van der Waals surface area contributed by atoms with Crippen LogP contribution in [-0.4, -0.2) is 48.1 Å². The normalized spacial score (nSPS) is 24.5. The number of carbonyl (C=O) groups excluding carboxylic acids is 2. The van der Waals surface area contributed by atoms with Crippen LogP contribution in [0.25, 0.3) is 0 Å². The predicted molar refractivity (Wildman–Crippen MR) is 82.8 cm³/mol. The number of piperazine rings is 1. The average molecular weight is 298 g/mol. The average Bonchev–Trinajstić information content (AvgIpc) is 2.28. The Morgan fingerprint density at radius 2 is 1.71 bits per heavy atom. The number of ether oxygens (including phenoxy) is 1. The summed E-state index contributed by atoms with van der Waals surface area (Å²) in [6.07, 6.45) is 0. The van der Waals surface area contributed by atoms with Crippen molar-refractivity contribution >= 4 is 11.8 Å². The summed E-state index contributed by atoms with van der Waals surface area (Å²) in [5.41, 5.74) is -0.849. The van der Waals surface area contributed by atoms with Crippen LogP contribution >= 0.6 is 0 Å². The van der Waals surface area contributed by atoms with Gasteiger partial charge in [-0.25, -0.2) is 0 Å². The molecule has 0 aromatic rings. The molecule has 122 valence electrons. The molecule has 1 rings (SSSR count). The second-order valence-electron chi connectivity index (χ2n) is 7.95. The van der Waals surface area contributed by atoms with Crippen molar-refractivity contribution in [2.24, 2.45) is 11.3 Å². The summed E-state index contributed by atoms with van der Waals surface area (Å²) in [5, 5.41) is 2.91. The highest BCUT2D eigenvalue weighted by Crippen LogP contribution is 2.32. The number of amides is 2. The second-order valence-corrected chi connectivity index (χ2v) is 7.95. The first-order valence-corrected chi connectivity index (χ1v) is 7.56. The van der Waals surface area contributed by atoms with Crippen molar-refractivity contribution in [2.45, 2.75) is 66.1 Å². The van der Waals surface area contributed by atoms with Crippen LogP contribution in [0, 0.1) is 11.3 Å². The van der Waals surface area contributed by atoms with Gasteiger partial charge in [-0.05, 0) is 25.2 Å². The Kier molecular flexibility index (Phi) is 5.09. The van der Waals surface area contributed by atoms with E-state index in [1.165, 1.54) is 0 Å². The van der Waals surface area contributed by atoms with Gasteiger partial charge in [0.25, 0.3) is 0 Å². The molecule has 0 bridgehead atoms. The van der Waals surface area contributed by atoms with Crippen LogP contribution in [0.3, 0.4) is 0 Å². The van der Waals surface area contributed by atoms with E-state index in [0.29, 0.717) is 6.61 Å². The largest absolute Gasteiger partial charge is 0.382 e. The summed E-state index contributed by atoms with van der Waals surface area (Å²) in [4.78, 5) is 27.3. The SMILES string of the molecule is COCC(C)(C)N1C(=O)C(C(C)(C)C)NC(=O)C1C(C)C. The maximum atomic E-state index is 13.0. The van der Waals surface area contributed by atoms with E-state index >= 15 is 0 Å². The minimum absolute atomic E-state index is 0.0251. The quantitative estimate of drug-likeness (QED) is 0.861. The van der Waals surface area contributed by atoms with E-state index in [1.807, 2.05) is 48.5 Å². The van der Waals surface area contributed by atoms with Gasteiger partial charge in [0.05, 0.1) is 12.1 Å². The molecule has 2 unspecified atom stereocenters. The Morgan fingerprint density at radius 3 is 2.10 bits per heavy atom. The van der Waals surface area contributed by atoms with Crippen molar-refractivity contribution in [3.05, 3.63) is 0 Å². The zero-order chi connectivity index (χ0) is 16.6. The number of nitrogens with zero attached hydrogens (tertiary/aromatic N) is 1. The first-order valence-electron chi connectivity index (χ1n) is 7.56. The van der Waals surface area contributed by atoms with Gasteiger partial charge in [0.1, 0.15) is 12.1 Å². The topological polar surface area (TPSA) is 58.6 Å². The van der Waals surface area contributed by atoms with Gasteiger partial charge in [0, 0.05) is 7.11 Å². The predicted octanol–water partition coefficient (Wildman–Crippen LogP) is 1.81. The molecule has 2 amide bonds. The number of hydrogen-bond acceptors (Lipinski definition) is 3. The standard InChI is InChI=1S/C16H30N2O3/c1-10(2)11-13(19)17-12(15(3,4)5)14(20)18(11)16(6,7)9-21-8/h10-12H,9H2,1-8H3,(H,17,19). The second kappa shape index (κ2) is 5.95. The van der Waals surface area contributed by atoms with Crippen LogP contribution in [0.4, 0.5) is 0 Å². The molecule has 2 atom stereocenters. The van der Waals surface area contributed by atoms with Gasteiger partial charge in [-0.1, -0.05) is 34.6 Å². The highest BCUT2D eigenvalue weighted by Gasteiger charge is 2.50. The lowest BCUT2D eigenvalue weighted by Crippen LogP contribution is -2.72. The van der Waals surface area contributed by atoms with Gasteiger partial charge in [-0.2, -0.15) is 0 Å². The molecule has 0 aliphatic carbocycles. The van der Waals surface area contributed by atoms with E-state index < -0.39 is 17.6 Å². The van der Waals surface area contributed by atoms with Crippen molar-refractivity contribution < 1.29 is 14.3 Å². The number of methoxy groups -OCH3 is 1. The molecule has 0 radical (unpaired) electrons. The maximum absolute atomic E-state index is 13.0. The van der Waals surface area contributed by atoms with Crippen LogP contribution in [-0.2, 0) is 14.3 Å². The third kappa shape index (κ3) is 3.57. The van der Waals surface area contributed by atoms with Crippen LogP contribution in [0.1, 0.15) is 48.5 Å². The molecule has 1 heterocycles. The first-order chi connectivity index (χ1) is 9.43. The maximum Gasteiger partial charge on any atom is 0.246 e. The lowest BCUT2D eigenvalue weighted by molar-refractivity contribution is -0.163. The molecular weight excluding hydrogens is 268 g/mol. The molecule has 5 heteroatoms. The molecule has 1 fully saturated rings. The fourth-order valence-electron chi connectivity index (χ4n) is 2.97. The summed E-state index contributed by atoms with van der Waals surface area (Å²) in [7, 11) is 1.61. The van der Waals surface area contributed by atoms with Gasteiger partial charge < -0.3 is 15.0 Å². The van der Waals surface area contributed by atoms with E-state index in [-0.39, 0.29) is 23.1 Å². The van der Waals surface area contributed by atoms with Gasteiger partial charge in [0.2, 0.25) is 11.8 Å². The van der Waals surface area contributed by atoms with Crippen molar-refractivity contribution in [1.82, 2.24) is 10.2 Å². The Balaban J connectivity index is 3.28. The molecule has 1 N–H and O–H groups in total. The molecule has 1 saturated heterocycles. The molecule has 0 saturated carbocycles. The highest BCUT2D eigenvalue weighted by molar-refractivity contribution is 5.98. The summed E-state index contributed by atoms with van der Waals surface area (Å²) in [6, 6.07) is -0.961. The zero-order valence-corrected chi connectivity index (χ0v) is 14.6. The third-order valence-corrected chi connectivity index (χ3v) is 3.96. The summed E-state index contributed by atoms with van der Waals surface area (Å²) < 4.78 is 5.27. The first kappa shape index (κ1) is 18.0. The van der Waals surface area contributed by atoms with Gasteiger partial charge >= 0.3 is 0 Å². The minimum atomic E-state index is -0.526. The molecule has 5 nitrogen and oxygen atoms in total. The van der Waals surface area contributed by atoms with Gasteiger partial charge in [-0.3, -0.25) is 9.59 Å². The van der Waals surface area contributed by atoms with E-state index in [4.69, 9.17) is 4.74 Å². The smallest absolute Gasteiger partial charge is 0.246 e. The Hall–Kier alpha value is -1.10. The lowest BCUT2D eigenvalue weighted by atomic mass is 9.81. The fraction of sp³-hybridized carbons (Fsp3) is 0.875. The van der Waals surface area contributed by atoms with Crippen LogP contribution < -0.4 is 5.32 Å². The van der Waals surface area contributed by atoms with E-state index in [9.17, 15) is 9.59 Å². The molecule has 1 aliphatic rings. The molecule has 0 aromatic heterocycles. The number of nitrogens with one attached hydrogen (secondary N) is 1. The van der Waals surface area contributed by atoms with E-state index in [2.05, 4.69) is 5.32 Å². The third-order valence-electron chi connectivity index (χ3n) is 3.96. The molecular formula is C16H30N2O3. The molecule has 0 spiro atoms. The minimum Gasteiger partial charge on any atom is -0.382 e. The Labute approximate surface area is 128 Å². The highest BCUT2D eigenvalue weighted by atomic mass is 16.5. The van der Waals surface area contributed by atoms with Crippen LogP contribution in [0.15, 0.2) is 0 Å². The fourth-order valence-corrected chi connectivity index (χ4v) is 2.97. The summed E-state index contributed by atoms with van der Waals surface area (Å²) >= 11 is 0. The number of hydrogen-bond donors (Lipinski definition) is 1. The van der Waals surface area contributed by atoms with Crippen molar-refractivity contribution in [3.8, 4) is 0 Å². The Morgan fingerprint density at radius 1 is 1.19 bits per heavy atom. The number of carbonyl (C=O) groups is 2. The molecule has 1 aliphatic heterocycles. The monoisotopic (exact) mass is 298 g/mol. The van der Waals surface area contributed by atoms with E-state index in [1.54, 1.807) is 12.0 Å². The molecule has 21 heavy (non-hydrogen) atoms. The molecule has 0 aromatic carbocycles. The van der Waals surface area contributed by atoms with Crippen LogP contribution in [0.2, 0.25) is 0 Å². The number of rotatable bonds is 4. The van der Waals surface area contributed by atoms with Crippen molar-refractivity contribution in [3.63, 3.8) is 0 Å². The van der Waals surface area contributed by atoms with E-state index in [0.717, 1.165) is 0 Å². The van der Waals surface area contributed by atoms with Crippen molar-refractivity contribution in [2.75, 3.05) is 13.7 Å². The Bertz CT molecular complexity index is 410. The van der Waals surface area contributed by atoms with Gasteiger partial charge in [-0.15, -0.1) is 0 Å². The summed E-state index contributed by atoms with van der Waals surface area (Å²) in [6.45, 7) is 14.1. The van der Waals surface area contributed by atoms with Crippen LogP contribution in [0.5, 0.6) is 0 Å².